The molecule has 0 bridgehead atoms. The zero-order valence-corrected chi connectivity index (χ0v) is 19.5. The van der Waals surface area contributed by atoms with E-state index in [1.165, 1.54) is 24.8 Å². The number of aryl methyl sites for hydroxylation is 1. The average molecular weight is 494 g/mol. The molecule has 0 saturated heterocycles. The van der Waals surface area contributed by atoms with Gasteiger partial charge in [-0.1, -0.05) is 36.8 Å². The third-order valence-electron chi connectivity index (χ3n) is 5.69. The molecule has 1 aromatic heterocycles. The van der Waals surface area contributed by atoms with Crippen molar-refractivity contribution in [1.82, 2.24) is 15.6 Å². The predicted molar refractivity (Wildman–Crippen MR) is 126 cm³/mol. The highest BCUT2D eigenvalue weighted by molar-refractivity contribution is 14.0. The van der Waals surface area contributed by atoms with E-state index in [-0.39, 0.29) is 29.4 Å². The quantitative estimate of drug-likeness (QED) is 0.361. The fourth-order valence-corrected chi connectivity index (χ4v) is 3.85. The van der Waals surface area contributed by atoms with Gasteiger partial charge in [-0.2, -0.15) is 0 Å². The molecule has 0 amide bonds. The van der Waals surface area contributed by atoms with E-state index in [0.717, 1.165) is 35.1 Å². The second kappa shape index (κ2) is 10.1. The molecule has 1 saturated carbocycles. The van der Waals surface area contributed by atoms with Crippen molar-refractivity contribution in [2.24, 2.45) is 4.99 Å². The molecule has 1 heterocycles. The average Bonchev–Trinajstić information content (AvgIpc) is 2.66. The highest BCUT2D eigenvalue weighted by Crippen LogP contribution is 2.43. The number of nitrogens with one attached hydrogen (secondary N) is 2. The summed E-state index contributed by atoms with van der Waals surface area (Å²) in [6, 6.07) is 10.8. The number of nitrogens with zero attached hydrogens (tertiary/aromatic N) is 2. The first-order chi connectivity index (χ1) is 13.1. The molecule has 0 radical (unpaired) electrons. The topological polar surface area (TPSA) is 58.5 Å². The van der Waals surface area contributed by atoms with Crippen LogP contribution in [-0.4, -0.2) is 31.6 Å². The van der Waals surface area contributed by atoms with E-state index in [2.05, 4.69) is 50.9 Å². The molecule has 6 heteroatoms. The van der Waals surface area contributed by atoms with Crippen LogP contribution < -0.4 is 15.4 Å². The molecule has 0 unspecified atom stereocenters. The smallest absolute Gasteiger partial charge is 0.191 e. The zero-order valence-electron chi connectivity index (χ0n) is 17.2. The van der Waals surface area contributed by atoms with Gasteiger partial charge in [-0.05, 0) is 32.3 Å². The van der Waals surface area contributed by atoms with Gasteiger partial charge in [0.1, 0.15) is 5.75 Å². The van der Waals surface area contributed by atoms with E-state index in [9.17, 15) is 0 Å². The summed E-state index contributed by atoms with van der Waals surface area (Å²) in [5.74, 6) is 1.71. The maximum Gasteiger partial charge on any atom is 0.191 e. The van der Waals surface area contributed by atoms with Crippen molar-refractivity contribution in [3.63, 3.8) is 0 Å². The molecule has 0 atom stereocenters. The van der Waals surface area contributed by atoms with E-state index in [0.29, 0.717) is 6.54 Å². The van der Waals surface area contributed by atoms with Crippen LogP contribution in [0, 0.1) is 13.8 Å². The van der Waals surface area contributed by atoms with Crippen molar-refractivity contribution in [1.29, 1.82) is 0 Å². The highest BCUT2D eigenvalue weighted by Gasteiger charge is 2.38. The van der Waals surface area contributed by atoms with Gasteiger partial charge in [0.15, 0.2) is 5.96 Å². The Hall–Kier alpha value is -1.83. The van der Waals surface area contributed by atoms with Crippen molar-refractivity contribution >= 4 is 29.9 Å². The maximum absolute atomic E-state index is 5.50. The molecule has 1 aliphatic rings. The summed E-state index contributed by atoms with van der Waals surface area (Å²) < 4.78 is 5.50. The first-order valence-corrected chi connectivity index (χ1v) is 9.59. The second-order valence-corrected chi connectivity index (χ2v) is 7.33. The molecule has 0 spiro atoms. The molecule has 1 fully saturated rings. The molecule has 3 rings (SSSR count). The lowest BCUT2D eigenvalue weighted by Gasteiger charge is -2.43. The van der Waals surface area contributed by atoms with Crippen molar-refractivity contribution < 1.29 is 4.74 Å². The molecule has 152 valence electrons. The minimum atomic E-state index is 0. The number of halogens is 1. The summed E-state index contributed by atoms with van der Waals surface area (Å²) in [6.45, 7) is 5.56. The number of benzene rings is 1. The summed E-state index contributed by atoms with van der Waals surface area (Å²) in [7, 11) is 3.51. The summed E-state index contributed by atoms with van der Waals surface area (Å²) in [5.41, 5.74) is 4.73. The van der Waals surface area contributed by atoms with Crippen LogP contribution >= 0.6 is 24.0 Å². The maximum atomic E-state index is 5.50. The van der Waals surface area contributed by atoms with Crippen molar-refractivity contribution in [2.75, 3.05) is 20.7 Å². The largest absolute Gasteiger partial charge is 0.496 e. The molecule has 28 heavy (non-hydrogen) atoms. The van der Waals surface area contributed by atoms with Gasteiger partial charge in [0.05, 0.1) is 19.3 Å². The molecule has 0 aliphatic heterocycles. The minimum Gasteiger partial charge on any atom is -0.496 e. The van der Waals surface area contributed by atoms with Gasteiger partial charge in [-0.15, -0.1) is 24.0 Å². The lowest BCUT2D eigenvalue weighted by atomic mass is 9.64. The Morgan fingerprint density at radius 2 is 1.89 bits per heavy atom. The van der Waals surface area contributed by atoms with Gasteiger partial charge in [-0.25, -0.2) is 0 Å². The molecule has 1 aromatic carbocycles. The lowest BCUT2D eigenvalue weighted by molar-refractivity contribution is 0.244. The molecule has 5 nitrogen and oxygen atoms in total. The van der Waals surface area contributed by atoms with Crippen LogP contribution in [0.2, 0.25) is 0 Å². The van der Waals surface area contributed by atoms with Crippen LogP contribution in [0.5, 0.6) is 5.75 Å². The number of aromatic nitrogens is 1. The number of hydrogen-bond acceptors (Lipinski definition) is 3. The molecule has 2 N–H and O–H groups in total. The molecule has 1 aliphatic carbocycles. The second-order valence-electron chi connectivity index (χ2n) is 7.33. The van der Waals surface area contributed by atoms with Crippen LogP contribution in [0.25, 0.3) is 0 Å². The number of ether oxygens (including phenoxy) is 1. The van der Waals surface area contributed by atoms with E-state index in [1.807, 2.05) is 20.0 Å². The third kappa shape index (κ3) is 4.77. The summed E-state index contributed by atoms with van der Waals surface area (Å²) >= 11 is 0. The van der Waals surface area contributed by atoms with Crippen LogP contribution in [0.1, 0.15) is 41.6 Å². The van der Waals surface area contributed by atoms with Crippen molar-refractivity contribution in [3.05, 3.63) is 58.9 Å². The van der Waals surface area contributed by atoms with Crippen molar-refractivity contribution in [3.8, 4) is 5.75 Å². The fourth-order valence-electron chi connectivity index (χ4n) is 3.85. The summed E-state index contributed by atoms with van der Waals surface area (Å²) in [6.07, 6.45) is 5.58. The predicted octanol–water partition coefficient (Wildman–Crippen LogP) is 4.11. The molecular formula is C22H31IN4O. The first kappa shape index (κ1) is 22.5. The Morgan fingerprint density at radius 3 is 2.46 bits per heavy atom. The Balaban J connectivity index is 0.00000280. The monoisotopic (exact) mass is 494 g/mol. The van der Waals surface area contributed by atoms with Crippen LogP contribution in [0.3, 0.4) is 0 Å². The number of pyridine rings is 1. The van der Waals surface area contributed by atoms with Gasteiger partial charge < -0.3 is 15.4 Å². The van der Waals surface area contributed by atoms with Crippen LogP contribution in [-0.2, 0) is 12.0 Å². The number of methoxy groups -OCH3 is 1. The van der Waals surface area contributed by atoms with Gasteiger partial charge >= 0.3 is 0 Å². The van der Waals surface area contributed by atoms with E-state index in [4.69, 9.17) is 4.74 Å². The first-order valence-electron chi connectivity index (χ1n) is 9.59. The number of aliphatic imine (C=N–C) groups is 1. The fraction of sp³-hybridized carbons (Fsp3) is 0.455. The number of rotatable bonds is 6. The Bertz CT molecular complexity index is 804. The highest BCUT2D eigenvalue weighted by atomic mass is 127. The van der Waals surface area contributed by atoms with Crippen molar-refractivity contribution in [2.45, 2.75) is 45.1 Å². The van der Waals surface area contributed by atoms with Crippen LogP contribution in [0.4, 0.5) is 0 Å². The standard InChI is InChI=1S/C22H30N4O.HI/c1-16-13-24-19(17(2)20(16)27-4)14-25-21(23-3)26-15-22(11-8-12-22)18-9-6-5-7-10-18;/h5-7,9-10,13H,8,11-12,14-15H2,1-4H3,(H2,23,25,26);1H. The van der Waals surface area contributed by atoms with E-state index in [1.54, 1.807) is 14.2 Å². The Kier molecular flexibility index (Phi) is 8.10. The van der Waals surface area contributed by atoms with E-state index >= 15 is 0 Å². The lowest BCUT2D eigenvalue weighted by Crippen LogP contribution is -2.48. The number of hydrogen-bond donors (Lipinski definition) is 2. The minimum absolute atomic E-state index is 0. The van der Waals surface area contributed by atoms with Gasteiger partial charge in [0.25, 0.3) is 0 Å². The molecular weight excluding hydrogens is 463 g/mol. The normalized spacial score (nSPS) is 15.2. The number of guanidine groups is 1. The van der Waals surface area contributed by atoms with Gasteiger partial charge in [-0.3, -0.25) is 9.98 Å². The third-order valence-corrected chi connectivity index (χ3v) is 5.69. The van der Waals surface area contributed by atoms with Gasteiger partial charge in [0, 0.05) is 36.3 Å². The molecule has 2 aromatic rings. The zero-order chi connectivity index (χ0) is 19.3. The Labute approximate surface area is 185 Å². The SMILES string of the molecule is CN=C(NCc1ncc(C)c(OC)c1C)NCC1(c2ccccc2)CCC1.I. The summed E-state index contributed by atoms with van der Waals surface area (Å²) in [4.78, 5) is 8.93. The van der Waals surface area contributed by atoms with Crippen LogP contribution in [0.15, 0.2) is 41.5 Å². The van der Waals surface area contributed by atoms with Gasteiger partial charge in [0.2, 0.25) is 0 Å². The van der Waals surface area contributed by atoms with E-state index < -0.39 is 0 Å². The summed E-state index contributed by atoms with van der Waals surface area (Å²) in [5, 5.41) is 6.91. The Morgan fingerprint density at radius 1 is 1.18 bits per heavy atom.